The molecule has 142 valence electrons. The lowest BCUT2D eigenvalue weighted by Crippen LogP contribution is -2.42. The first-order chi connectivity index (χ1) is 12.3. The minimum Gasteiger partial charge on any atom is -0.350 e. The van der Waals surface area contributed by atoms with Crippen molar-refractivity contribution in [2.24, 2.45) is 0 Å². The molecule has 1 saturated heterocycles. The highest BCUT2D eigenvalue weighted by Gasteiger charge is 2.37. The van der Waals surface area contributed by atoms with E-state index in [0.29, 0.717) is 12.1 Å². The third-order valence-corrected chi connectivity index (χ3v) is 5.02. The number of hydrogen-bond acceptors (Lipinski definition) is 2. The molecule has 0 aromatic heterocycles. The summed E-state index contributed by atoms with van der Waals surface area (Å²) < 4.78 is 37.7. The average Bonchev–Trinajstić information content (AvgIpc) is 3.02. The fraction of sp³-hybridized carbons (Fsp3) is 0.556. The summed E-state index contributed by atoms with van der Waals surface area (Å²) >= 11 is 0. The number of carbonyl (C=O) groups is 2. The highest BCUT2D eigenvalue weighted by atomic mass is 19.4. The van der Waals surface area contributed by atoms with Gasteiger partial charge in [0.05, 0.1) is 12.1 Å². The summed E-state index contributed by atoms with van der Waals surface area (Å²) in [7, 11) is 0. The number of urea groups is 1. The van der Waals surface area contributed by atoms with Gasteiger partial charge in [-0.25, -0.2) is 4.79 Å². The second kappa shape index (κ2) is 7.55. The fourth-order valence-electron chi connectivity index (χ4n) is 3.54. The summed E-state index contributed by atoms with van der Waals surface area (Å²) in [5, 5.41) is 5.37. The molecule has 26 heavy (non-hydrogen) atoms. The van der Waals surface area contributed by atoms with Crippen LogP contribution in [0.25, 0.3) is 0 Å². The van der Waals surface area contributed by atoms with Crippen LogP contribution < -0.4 is 10.6 Å². The van der Waals surface area contributed by atoms with Crippen LogP contribution in [0, 0.1) is 0 Å². The maximum Gasteiger partial charge on any atom is 0.416 e. The molecule has 3 rings (SSSR count). The van der Waals surface area contributed by atoms with E-state index < -0.39 is 17.8 Å². The van der Waals surface area contributed by atoms with Crippen LogP contribution in [0.3, 0.4) is 0 Å². The SMILES string of the molecule is O=C(NCc1ccc(C(F)(F)F)cc1)C1CN(C2CCCCC2)C(=O)N1. The number of carbonyl (C=O) groups excluding carboxylic acids is 2. The number of nitrogens with one attached hydrogen (secondary N) is 2. The zero-order chi connectivity index (χ0) is 18.7. The van der Waals surface area contributed by atoms with Crippen LogP contribution in [0.4, 0.5) is 18.0 Å². The normalized spacial score (nSPS) is 21.6. The Labute approximate surface area is 149 Å². The Morgan fingerprint density at radius 2 is 1.81 bits per heavy atom. The van der Waals surface area contributed by atoms with Crippen LogP contribution in [-0.2, 0) is 17.5 Å². The maximum atomic E-state index is 12.6. The number of nitrogens with zero attached hydrogens (tertiary/aromatic N) is 1. The Hall–Kier alpha value is -2.25. The lowest BCUT2D eigenvalue weighted by Gasteiger charge is -2.30. The first kappa shape index (κ1) is 18.5. The van der Waals surface area contributed by atoms with Crippen molar-refractivity contribution in [3.63, 3.8) is 0 Å². The summed E-state index contributed by atoms with van der Waals surface area (Å²) in [6, 6.07) is 4.00. The molecule has 2 aliphatic rings. The molecule has 1 atom stereocenters. The standard InChI is InChI=1S/C18H22F3N3O2/c19-18(20,21)13-8-6-12(7-9-13)10-22-16(25)15-11-24(17(26)23-15)14-4-2-1-3-5-14/h6-9,14-15H,1-5,10-11H2,(H,22,25)(H,23,26). The molecule has 1 aromatic carbocycles. The van der Waals surface area contributed by atoms with Gasteiger partial charge >= 0.3 is 12.2 Å². The van der Waals surface area contributed by atoms with Gasteiger partial charge in [0.15, 0.2) is 0 Å². The minimum atomic E-state index is -4.38. The van der Waals surface area contributed by atoms with Crippen LogP contribution in [-0.4, -0.2) is 35.5 Å². The van der Waals surface area contributed by atoms with Gasteiger partial charge in [0.2, 0.25) is 5.91 Å². The van der Waals surface area contributed by atoms with E-state index in [1.54, 1.807) is 4.90 Å². The van der Waals surface area contributed by atoms with Crippen molar-refractivity contribution in [1.29, 1.82) is 0 Å². The van der Waals surface area contributed by atoms with Gasteiger partial charge in [0.25, 0.3) is 0 Å². The lowest BCUT2D eigenvalue weighted by molar-refractivity contribution is -0.137. The van der Waals surface area contributed by atoms with Crippen molar-refractivity contribution in [2.45, 2.75) is 56.9 Å². The smallest absolute Gasteiger partial charge is 0.350 e. The third kappa shape index (κ3) is 4.28. The third-order valence-electron chi connectivity index (χ3n) is 5.02. The molecule has 1 aliphatic carbocycles. The summed E-state index contributed by atoms with van der Waals surface area (Å²) in [6.45, 7) is 0.453. The van der Waals surface area contributed by atoms with Crippen molar-refractivity contribution in [1.82, 2.24) is 15.5 Å². The van der Waals surface area contributed by atoms with E-state index in [1.807, 2.05) is 0 Å². The molecule has 0 spiro atoms. The van der Waals surface area contributed by atoms with E-state index in [4.69, 9.17) is 0 Å². The predicted molar refractivity (Wildman–Crippen MR) is 89.2 cm³/mol. The van der Waals surface area contributed by atoms with Crippen molar-refractivity contribution >= 4 is 11.9 Å². The molecule has 8 heteroatoms. The molecule has 2 N–H and O–H groups in total. The average molecular weight is 369 g/mol. The number of amides is 3. The van der Waals surface area contributed by atoms with Gasteiger partial charge in [-0.3, -0.25) is 4.79 Å². The van der Waals surface area contributed by atoms with Crippen molar-refractivity contribution in [3.05, 3.63) is 35.4 Å². The van der Waals surface area contributed by atoms with E-state index >= 15 is 0 Å². The minimum absolute atomic E-state index is 0.118. The molecule has 2 fully saturated rings. The summed E-state index contributed by atoms with van der Waals surface area (Å²) in [6.07, 6.45) is 0.931. The summed E-state index contributed by atoms with van der Waals surface area (Å²) in [5.74, 6) is -0.323. The molecule has 1 saturated carbocycles. The van der Waals surface area contributed by atoms with E-state index in [0.717, 1.165) is 37.8 Å². The van der Waals surface area contributed by atoms with Crippen LogP contribution in [0.2, 0.25) is 0 Å². The Morgan fingerprint density at radius 1 is 1.15 bits per heavy atom. The summed E-state index contributed by atoms with van der Waals surface area (Å²) in [5.41, 5.74) is -0.154. The second-order valence-corrected chi connectivity index (χ2v) is 6.86. The van der Waals surface area contributed by atoms with Gasteiger partial charge < -0.3 is 15.5 Å². The number of alkyl halides is 3. The van der Waals surface area contributed by atoms with Crippen molar-refractivity contribution in [2.75, 3.05) is 6.54 Å². The van der Waals surface area contributed by atoms with E-state index in [1.165, 1.54) is 18.6 Å². The van der Waals surface area contributed by atoms with Crippen LogP contribution in [0.1, 0.15) is 43.2 Å². The molecule has 1 aliphatic heterocycles. The molecule has 1 aromatic rings. The van der Waals surface area contributed by atoms with Crippen LogP contribution >= 0.6 is 0 Å². The van der Waals surface area contributed by atoms with Gasteiger partial charge in [-0.05, 0) is 30.5 Å². The molecule has 1 unspecified atom stereocenters. The molecular weight excluding hydrogens is 347 g/mol. The predicted octanol–water partition coefficient (Wildman–Crippen LogP) is 3.05. The van der Waals surface area contributed by atoms with Crippen molar-refractivity contribution < 1.29 is 22.8 Å². The van der Waals surface area contributed by atoms with Gasteiger partial charge in [-0.2, -0.15) is 13.2 Å². The monoisotopic (exact) mass is 369 g/mol. The van der Waals surface area contributed by atoms with E-state index in [2.05, 4.69) is 10.6 Å². The molecule has 1 heterocycles. The zero-order valence-corrected chi connectivity index (χ0v) is 14.3. The highest BCUT2D eigenvalue weighted by molar-refractivity contribution is 5.90. The molecule has 0 radical (unpaired) electrons. The summed E-state index contributed by atoms with van der Waals surface area (Å²) in [4.78, 5) is 26.1. The molecule has 3 amide bonds. The van der Waals surface area contributed by atoms with E-state index in [-0.39, 0.29) is 24.5 Å². The van der Waals surface area contributed by atoms with E-state index in [9.17, 15) is 22.8 Å². The first-order valence-electron chi connectivity index (χ1n) is 8.85. The van der Waals surface area contributed by atoms with Crippen molar-refractivity contribution in [3.8, 4) is 0 Å². The highest BCUT2D eigenvalue weighted by Crippen LogP contribution is 2.29. The topological polar surface area (TPSA) is 61.4 Å². The van der Waals surface area contributed by atoms with Gasteiger partial charge in [-0.1, -0.05) is 31.4 Å². The molecule has 5 nitrogen and oxygen atoms in total. The van der Waals surface area contributed by atoms with Gasteiger partial charge in [0.1, 0.15) is 6.04 Å². The Morgan fingerprint density at radius 3 is 2.42 bits per heavy atom. The van der Waals surface area contributed by atoms with Crippen LogP contribution in [0.15, 0.2) is 24.3 Å². The zero-order valence-electron chi connectivity index (χ0n) is 14.3. The maximum absolute atomic E-state index is 12.6. The Balaban J connectivity index is 1.51. The number of benzene rings is 1. The number of rotatable bonds is 4. The van der Waals surface area contributed by atoms with Crippen LogP contribution in [0.5, 0.6) is 0 Å². The Bertz CT molecular complexity index is 655. The second-order valence-electron chi connectivity index (χ2n) is 6.86. The lowest BCUT2D eigenvalue weighted by atomic mass is 9.94. The largest absolute Gasteiger partial charge is 0.416 e. The quantitative estimate of drug-likeness (QED) is 0.857. The molecule has 0 bridgehead atoms. The fourth-order valence-corrected chi connectivity index (χ4v) is 3.54. The van der Waals surface area contributed by atoms with Gasteiger partial charge in [0, 0.05) is 12.6 Å². The molecular formula is C18H22F3N3O2. The first-order valence-corrected chi connectivity index (χ1v) is 8.85. The number of halogens is 3. The van der Waals surface area contributed by atoms with Gasteiger partial charge in [-0.15, -0.1) is 0 Å². The number of hydrogen-bond donors (Lipinski definition) is 2. The Kier molecular flexibility index (Phi) is 5.38.